The van der Waals surface area contributed by atoms with Crippen LogP contribution in [0.15, 0.2) is 24.3 Å². The monoisotopic (exact) mass is 333 g/mol. The smallest absolute Gasteiger partial charge is 0.388 e. The highest BCUT2D eigenvalue weighted by Crippen LogP contribution is 2.35. The number of carbonyl (C=O) groups is 1. The number of carbonyl (C=O) groups excluding carboxylic acids is 1. The summed E-state index contributed by atoms with van der Waals surface area (Å²) in [5.41, 5.74) is -1.57. The van der Waals surface area contributed by atoms with Crippen molar-refractivity contribution in [3.05, 3.63) is 40.4 Å². The van der Waals surface area contributed by atoms with Gasteiger partial charge in [-0.1, -0.05) is 17.7 Å². The average molecular weight is 334 g/mol. The molecule has 1 aromatic carbocycles. The summed E-state index contributed by atoms with van der Waals surface area (Å²) in [7, 11) is 0. The molecule has 0 bridgehead atoms. The molecule has 0 aromatic heterocycles. The van der Waals surface area contributed by atoms with Crippen molar-refractivity contribution < 1.29 is 23.1 Å². The summed E-state index contributed by atoms with van der Waals surface area (Å²) in [6, 6.07) is 3.41. The minimum atomic E-state index is -4.54. The second-order valence-electron chi connectivity index (χ2n) is 5.37. The molecule has 1 aliphatic carbocycles. The molecule has 120 valence electrons. The molecular formula is C15H15ClF3NO2. The van der Waals surface area contributed by atoms with Crippen LogP contribution in [0.1, 0.15) is 30.4 Å². The first-order valence-corrected chi connectivity index (χ1v) is 7.12. The predicted octanol–water partition coefficient (Wildman–Crippen LogP) is 3.40. The van der Waals surface area contributed by atoms with Gasteiger partial charge in [0.05, 0.1) is 16.2 Å². The highest BCUT2D eigenvalue weighted by atomic mass is 35.5. The molecule has 7 heteroatoms. The van der Waals surface area contributed by atoms with Crippen LogP contribution in [-0.4, -0.2) is 23.2 Å². The number of halogens is 4. The molecule has 0 heterocycles. The average Bonchev–Trinajstić information content (AvgIpc) is 2.41. The van der Waals surface area contributed by atoms with Gasteiger partial charge in [0.15, 0.2) is 0 Å². The van der Waals surface area contributed by atoms with Crippen LogP contribution in [-0.2, 0) is 11.0 Å². The zero-order valence-electron chi connectivity index (χ0n) is 11.6. The van der Waals surface area contributed by atoms with Crippen molar-refractivity contribution in [1.29, 1.82) is 0 Å². The van der Waals surface area contributed by atoms with E-state index in [1.54, 1.807) is 0 Å². The third-order valence-corrected chi connectivity index (χ3v) is 3.93. The fourth-order valence-electron chi connectivity index (χ4n) is 2.11. The minimum Gasteiger partial charge on any atom is -0.388 e. The number of rotatable bonds is 4. The standard InChI is InChI=1S/C15H15ClF3NO2/c16-12-4-2-10(8-11(12)15(17,18)19)3-5-13(21)20-9-14(22)6-1-7-14/h2-5,8,22H,1,6-7,9H2,(H,20,21)/b5-3+. The van der Waals surface area contributed by atoms with Gasteiger partial charge >= 0.3 is 6.18 Å². The summed E-state index contributed by atoms with van der Waals surface area (Å²) in [5, 5.41) is 12.0. The molecule has 0 atom stereocenters. The lowest BCUT2D eigenvalue weighted by atomic mass is 9.80. The maximum absolute atomic E-state index is 12.7. The zero-order valence-corrected chi connectivity index (χ0v) is 12.3. The topological polar surface area (TPSA) is 49.3 Å². The number of hydrogen-bond donors (Lipinski definition) is 2. The van der Waals surface area contributed by atoms with Gasteiger partial charge in [-0.15, -0.1) is 0 Å². The molecule has 3 nitrogen and oxygen atoms in total. The van der Waals surface area contributed by atoms with Gasteiger partial charge in [0.1, 0.15) is 0 Å². The molecule has 0 radical (unpaired) electrons. The molecule has 1 saturated carbocycles. The van der Waals surface area contributed by atoms with E-state index in [1.807, 2.05) is 0 Å². The maximum atomic E-state index is 12.7. The third kappa shape index (κ3) is 4.24. The van der Waals surface area contributed by atoms with Gasteiger partial charge in [-0.2, -0.15) is 13.2 Å². The number of aliphatic hydroxyl groups is 1. The van der Waals surface area contributed by atoms with E-state index in [0.29, 0.717) is 12.8 Å². The van der Waals surface area contributed by atoms with Crippen molar-refractivity contribution in [3.63, 3.8) is 0 Å². The van der Waals surface area contributed by atoms with Gasteiger partial charge in [-0.25, -0.2) is 0 Å². The molecule has 22 heavy (non-hydrogen) atoms. The Morgan fingerprint density at radius 2 is 2.09 bits per heavy atom. The van der Waals surface area contributed by atoms with Crippen LogP contribution in [0.25, 0.3) is 6.08 Å². The summed E-state index contributed by atoms with van der Waals surface area (Å²) in [5.74, 6) is -0.469. The highest BCUT2D eigenvalue weighted by molar-refractivity contribution is 6.31. The minimum absolute atomic E-state index is 0.143. The normalized spacial score (nSPS) is 17.3. The van der Waals surface area contributed by atoms with E-state index in [-0.39, 0.29) is 17.1 Å². The Morgan fingerprint density at radius 3 is 2.64 bits per heavy atom. The van der Waals surface area contributed by atoms with E-state index < -0.39 is 23.2 Å². The summed E-state index contributed by atoms with van der Waals surface area (Å²) in [6.45, 7) is 0.143. The first kappa shape index (κ1) is 16.8. The number of alkyl halides is 3. The van der Waals surface area contributed by atoms with Crippen molar-refractivity contribution in [2.24, 2.45) is 0 Å². The maximum Gasteiger partial charge on any atom is 0.417 e. The number of hydrogen-bond acceptors (Lipinski definition) is 2. The number of nitrogens with one attached hydrogen (secondary N) is 1. The molecule has 0 saturated heterocycles. The van der Waals surface area contributed by atoms with E-state index in [1.165, 1.54) is 12.1 Å². The second kappa shape index (κ2) is 6.30. The molecule has 0 unspecified atom stereocenters. The van der Waals surface area contributed by atoms with Crippen LogP contribution < -0.4 is 5.32 Å². The summed E-state index contributed by atoms with van der Waals surface area (Å²) in [6.07, 6.45) is 0.0628. The summed E-state index contributed by atoms with van der Waals surface area (Å²) in [4.78, 5) is 11.6. The number of amides is 1. The van der Waals surface area contributed by atoms with Gasteiger partial charge < -0.3 is 10.4 Å². The van der Waals surface area contributed by atoms with Crippen molar-refractivity contribution in [3.8, 4) is 0 Å². The zero-order chi connectivity index (χ0) is 16.4. The Labute approximate surface area is 130 Å². The molecule has 1 aliphatic rings. The van der Waals surface area contributed by atoms with E-state index in [4.69, 9.17) is 11.6 Å². The van der Waals surface area contributed by atoms with E-state index >= 15 is 0 Å². The third-order valence-electron chi connectivity index (χ3n) is 3.60. The van der Waals surface area contributed by atoms with Crippen molar-refractivity contribution in [1.82, 2.24) is 5.32 Å². The fourth-order valence-corrected chi connectivity index (χ4v) is 2.33. The lowest BCUT2D eigenvalue weighted by molar-refractivity contribution is -0.137. The molecule has 0 spiro atoms. The molecule has 2 N–H and O–H groups in total. The molecular weight excluding hydrogens is 319 g/mol. The Morgan fingerprint density at radius 1 is 1.41 bits per heavy atom. The molecule has 1 fully saturated rings. The first-order valence-electron chi connectivity index (χ1n) is 6.75. The van der Waals surface area contributed by atoms with Crippen molar-refractivity contribution >= 4 is 23.6 Å². The molecule has 1 amide bonds. The van der Waals surface area contributed by atoms with E-state index in [9.17, 15) is 23.1 Å². The fraction of sp³-hybridized carbons (Fsp3) is 0.400. The van der Waals surface area contributed by atoms with Crippen LogP contribution in [0.2, 0.25) is 5.02 Å². The molecule has 2 rings (SSSR count). The van der Waals surface area contributed by atoms with Crippen LogP contribution >= 0.6 is 11.6 Å². The quantitative estimate of drug-likeness (QED) is 0.830. The van der Waals surface area contributed by atoms with Crippen LogP contribution in [0.4, 0.5) is 13.2 Å². The van der Waals surface area contributed by atoms with Gasteiger partial charge in [0, 0.05) is 12.6 Å². The van der Waals surface area contributed by atoms with Crippen molar-refractivity contribution in [2.45, 2.75) is 31.0 Å². The number of benzene rings is 1. The summed E-state index contributed by atoms with van der Waals surface area (Å²) < 4.78 is 38.1. The Bertz CT molecular complexity index is 595. The van der Waals surface area contributed by atoms with Crippen LogP contribution in [0.5, 0.6) is 0 Å². The van der Waals surface area contributed by atoms with Crippen LogP contribution in [0, 0.1) is 0 Å². The van der Waals surface area contributed by atoms with Crippen LogP contribution in [0.3, 0.4) is 0 Å². The van der Waals surface area contributed by atoms with E-state index in [0.717, 1.165) is 24.6 Å². The Kier molecular flexibility index (Phi) is 4.82. The lowest BCUT2D eigenvalue weighted by Crippen LogP contribution is -2.47. The molecule has 1 aromatic rings. The highest BCUT2D eigenvalue weighted by Gasteiger charge is 2.34. The van der Waals surface area contributed by atoms with Gasteiger partial charge in [-0.05, 0) is 43.0 Å². The summed E-state index contributed by atoms with van der Waals surface area (Å²) >= 11 is 5.51. The Hall–Kier alpha value is -1.53. The Balaban J connectivity index is 1.99. The van der Waals surface area contributed by atoms with Gasteiger partial charge in [0.25, 0.3) is 0 Å². The van der Waals surface area contributed by atoms with E-state index in [2.05, 4.69) is 5.32 Å². The second-order valence-corrected chi connectivity index (χ2v) is 5.77. The first-order chi connectivity index (χ1) is 10.2. The van der Waals surface area contributed by atoms with Gasteiger partial charge in [0.2, 0.25) is 5.91 Å². The largest absolute Gasteiger partial charge is 0.417 e. The molecule has 0 aliphatic heterocycles. The SMILES string of the molecule is O=C(/C=C/c1ccc(Cl)c(C(F)(F)F)c1)NCC1(O)CCC1. The lowest BCUT2D eigenvalue weighted by Gasteiger charge is -2.36. The van der Waals surface area contributed by atoms with Gasteiger partial charge in [-0.3, -0.25) is 4.79 Å². The van der Waals surface area contributed by atoms with Crippen molar-refractivity contribution in [2.75, 3.05) is 6.54 Å². The predicted molar refractivity (Wildman–Crippen MR) is 77.3 cm³/mol.